The van der Waals surface area contributed by atoms with Crippen molar-refractivity contribution in [1.82, 2.24) is 34.3 Å². The molecule has 1 N–H and O–H groups in total. The molecule has 8 nitrogen and oxygen atoms in total. The van der Waals surface area contributed by atoms with Gasteiger partial charge in [-0.05, 0) is 31.7 Å². The molecule has 4 aromatic rings. The van der Waals surface area contributed by atoms with Crippen LogP contribution in [0.2, 0.25) is 0 Å². The molecular formula is C22H21F5N8. The number of pyridine rings is 1. The number of hydrogen-bond acceptors (Lipinski definition) is 6. The molecule has 4 heterocycles. The van der Waals surface area contributed by atoms with E-state index >= 15 is 0 Å². The minimum Gasteiger partial charge on any atom is -0.351 e. The molecule has 4 aromatic heterocycles. The number of rotatable bonds is 6. The van der Waals surface area contributed by atoms with Crippen LogP contribution in [0.1, 0.15) is 37.3 Å². The first-order valence-corrected chi connectivity index (χ1v) is 11.1. The first-order valence-electron chi connectivity index (χ1n) is 11.1. The molecule has 0 radical (unpaired) electrons. The monoisotopic (exact) mass is 492 g/mol. The van der Waals surface area contributed by atoms with E-state index < -0.39 is 30.4 Å². The molecule has 0 unspecified atom stereocenters. The number of imidazole rings is 1. The molecule has 0 bridgehead atoms. The van der Waals surface area contributed by atoms with Gasteiger partial charge >= 0.3 is 6.18 Å². The van der Waals surface area contributed by atoms with Crippen molar-refractivity contribution in [2.75, 3.05) is 5.32 Å². The van der Waals surface area contributed by atoms with Gasteiger partial charge in [0, 0.05) is 36.2 Å². The van der Waals surface area contributed by atoms with E-state index in [2.05, 4.69) is 34.9 Å². The summed E-state index contributed by atoms with van der Waals surface area (Å²) >= 11 is 0. The SMILES string of the molecule is FC(F)Cn1cc(-c2nc(N[C@@H]3CCC[C@H](n4cnc5cnccc54)C3)ncc2C(F)(F)F)cn1. The topological polar surface area (TPSA) is 86.3 Å². The molecule has 5 rings (SSSR count). The third-order valence-electron chi connectivity index (χ3n) is 6.08. The minimum atomic E-state index is -4.72. The molecule has 0 saturated heterocycles. The lowest BCUT2D eigenvalue weighted by molar-refractivity contribution is -0.137. The van der Waals surface area contributed by atoms with Crippen LogP contribution in [0.5, 0.6) is 0 Å². The van der Waals surface area contributed by atoms with Crippen LogP contribution in [0, 0.1) is 0 Å². The van der Waals surface area contributed by atoms with Gasteiger partial charge in [-0.1, -0.05) is 0 Å². The first-order chi connectivity index (χ1) is 16.8. The van der Waals surface area contributed by atoms with Crippen molar-refractivity contribution < 1.29 is 22.0 Å². The van der Waals surface area contributed by atoms with Crippen molar-refractivity contribution in [3.63, 3.8) is 0 Å². The molecule has 0 amide bonds. The van der Waals surface area contributed by atoms with Gasteiger partial charge < -0.3 is 9.88 Å². The maximum Gasteiger partial charge on any atom is 0.419 e. The average Bonchev–Trinajstić information content (AvgIpc) is 3.45. The summed E-state index contributed by atoms with van der Waals surface area (Å²) < 4.78 is 69.2. The fourth-order valence-corrected chi connectivity index (χ4v) is 4.51. The summed E-state index contributed by atoms with van der Waals surface area (Å²) in [6.45, 7) is -0.722. The Kier molecular flexibility index (Phi) is 6.07. The normalized spacial score (nSPS) is 18.9. The van der Waals surface area contributed by atoms with Crippen LogP contribution in [0.3, 0.4) is 0 Å². The Morgan fingerprint density at radius 3 is 2.77 bits per heavy atom. The maximum atomic E-state index is 13.6. The molecule has 1 aliphatic carbocycles. The van der Waals surface area contributed by atoms with Gasteiger partial charge in [0.2, 0.25) is 5.95 Å². The van der Waals surface area contributed by atoms with Gasteiger partial charge in [-0.2, -0.15) is 18.3 Å². The number of halogens is 5. The average molecular weight is 492 g/mol. The zero-order valence-corrected chi connectivity index (χ0v) is 18.3. The summed E-state index contributed by atoms with van der Waals surface area (Å²) in [7, 11) is 0. The lowest BCUT2D eigenvalue weighted by Crippen LogP contribution is -2.29. The van der Waals surface area contributed by atoms with E-state index in [0.29, 0.717) is 12.6 Å². The molecule has 1 aliphatic rings. The second-order valence-corrected chi connectivity index (χ2v) is 8.47. The molecule has 2 atom stereocenters. The van der Waals surface area contributed by atoms with Crippen LogP contribution < -0.4 is 5.32 Å². The van der Waals surface area contributed by atoms with Gasteiger partial charge in [0.1, 0.15) is 17.6 Å². The second-order valence-electron chi connectivity index (χ2n) is 8.47. The van der Waals surface area contributed by atoms with Gasteiger partial charge in [0.15, 0.2) is 0 Å². The smallest absolute Gasteiger partial charge is 0.351 e. The highest BCUT2D eigenvalue weighted by atomic mass is 19.4. The Balaban J connectivity index is 1.39. The predicted molar refractivity (Wildman–Crippen MR) is 117 cm³/mol. The maximum absolute atomic E-state index is 13.6. The molecule has 1 fully saturated rings. The third-order valence-corrected chi connectivity index (χ3v) is 6.08. The van der Waals surface area contributed by atoms with E-state index in [9.17, 15) is 22.0 Å². The number of nitrogens with zero attached hydrogens (tertiary/aromatic N) is 7. The molecule has 0 aliphatic heterocycles. The van der Waals surface area contributed by atoms with E-state index in [1.54, 1.807) is 18.7 Å². The van der Waals surface area contributed by atoms with Crippen LogP contribution >= 0.6 is 0 Å². The molecule has 0 spiro atoms. The number of aromatic nitrogens is 7. The van der Waals surface area contributed by atoms with Gasteiger partial charge in [-0.25, -0.2) is 23.7 Å². The molecule has 13 heteroatoms. The Morgan fingerprint density at radius 2 is 1.97 bits per heavy atom. The molecule has 0 aromatic carbocycles. The zero-order chi connectivity index (χ0) is 24.6. The van der Waals surface area contributed by atoms with Crippen molar-refractivity contribution in [1.29, 1.82) is 0 Å². The highest BCUT2D eigenvalue weighted by Crippen LogP contribution is 2.37. The van der Waals surface area contributed by atoms with E-state index in [4.69, 9.17) is 0 Å². The lowest BCUT2D eigenvalue weighted by Gasteiger charge is -2.31. The summed E-state index contributed by atoms with van der Waals surface area (Å²) in [6, 6.07) is 1.98. The molecule has 1 saturated carbocycles. The number of fused-ring (bicyclic) bond motifs is 1. The van der Waals surface area contributed by atoms with E-state index in [1.807, 2.05) is 6.07 Å². The van der Waals surface area contributed by atoms with Gasteiger partial charge in [0.05, 0.1) is 29.9 Å². The Labute approximate surface area is 196 Å². The number of alkyl halides is 5. The Morgan fingerprint density at radius 1 is 1.11 bits per heavy atom. The number of nitrogens with one attached hydrogen (secondary N) is 1. The van der Waals surface area contributed by atoms with Crippen LogP contribution in [0.4, 0.5) is 27.9 Å². The summed E-state index contributed by atoms with van der Waals surface area (Å²) in [5, 5.41) is 6.91. The van der Waals surface area contributed by atoms with Crippen molar-refractivity contribution in [3.8, 4) is 11.3 Å². The molecule has 184 valence electrons. The first kappa shape index (κ1) is 23.1. The lowest BCUT2D eigenvalue weighted by atomic mass is 9.91. The molecular weight excluding hydrogens is 471 g/mol. The molecule has 35 heavy (non-hydrogen) atoms. The van der Waals surface area contributed by atoms with Gasteiger partial charge in [-0.15, -0.1) is 0 Å². The number of hydrogen-bond donors (Lipinski definition) is 1. The Hall–Kier alpha value is -3.64. The number of anilines is 1. The van der Waals surface area contributed by atoms with Crippen LogP contribution in [0.25, 0.3) is 22.3 Å². The van der Waals surface area contributed by atoms with E-state index in [1.165, 1.54) is 0 Å². The summed E-state index contributed by atoms with van der Waals surface area (Å²) in [5.74, 6) is 0.0416. The summed E-state index contributed by atoms with van der Waals surface area (Å²) in [5.41, 5.74) is 0.296. The second kappa shape index (κ2) is 9.19. The highest BCUT2D eigenvalue weighted by Gasteiger charge is 2.36. The van der Waals surface area contributed by atoms with E-state index in [0.717, 1.165) is 47.4 Å². The third kappa shape index (κ3) is 4.93. The zero-order valence-electron chi connectivity index (χ0n) is 18.3. The highest BCUT2D eigenvalue weighted by molar-refractivity contribution is 5.73. The standard InChI is InChI=1S/C22H21F5N8/c23-19(24)11-34-10-13(7-31-34)20-16(22(25,26)27)8-29-21(33-20)32-14-2-1-3-15(6-14)35-12-30-17-9-28-5-4-18(17)35/h4-5,7-10,12,14-15,19H,1-3,6,11H2,(H,29,32,33)/t14-,15+/m1/s1. The van der Waals surface area contributed by atoms with Crippen molar-refractivity contribution >= 4 is 17.0 Å². The van der Waals surface area contributed by atoms with Gasteiger partial charge in [0.25, 0.3) is 6.43 Å². The fraction of sp³-hybridized carbons (Fsp3) is 0.409. The summed E-state index contributed by atoms with van der Waals surface area (Å²) in [6.07, 6.45) is 4.08. The Bertz CT molecular complexity index is 1310. The van der Waals surface area contributed by atoms with Crippen LogP contribution in [0.15, 0.2) is 43.4 Å². The van der Waals surface area contributed by atoms with Crippen LogP contribution in [-0.2, 0) is 12.7 Å². The van der Waals surface area contributed by atoms with Crippen molar-refractivity contribution in [2.24, 2.45) is 0 Å². The predicted octanol–water partition coefficient (Wildman–Crippen LogP) is 4.96. The van der Waals surface area contributed by atoms with Crippen molar-refractivity contribution in [3.05, 3.63) is 48.9 Å². The quantitative estimate of drug-likeness (QED) is 0.383. The van der Waals surface area contributed by atoms with Gasteiger partial charge in [-0.3, -0.25) is 9.67 Å². The minimum absolute atomic E-state index is 0.0107. The largest absolute Gasteiger partial charge is 0.419 e. The fourth-order valence-electron chi connectivity index (χ4n) is 4.51. The van der Waals surface area contributed by atoms with Crippen molar-refractivity contribution in [2.45, 2.75) is 56.9 Å². The van der Waals surface area contributed by atoms with E-state index in [-0.39, 0.29) is 23.6 Å². The van der Waals surface area contributed by atoms with Crippen LogP contribution in [-0.4, -0.2) is 46.8 Å². The summed E-state index contributed by atoms with van der Waals surface area (Å²) in [4.78, 5) is 16.5.